The first-order valence-electron chi connectivity index (χ1n) is 6.79. The maximum atomic E-state index is 12.6. The summed E-state index contributed by atoms with van der Waals surface area (Å²) in [4.78, 5) is 14.8. The van der Waals surface area contributed by atoms with Gasteiger partial charge in [0.25, 0.3) is 5.91 Å². The maximum absolute atomic E-state index is 12.6. The van der Waals surface area contributed by atoms with E-state index >= 15 is 0 Å². The maximum Gasteiger partial charge on any atom is 0.266 e. The Balaban J connectivity index is 1.84. The molecule has 0 bridgehead atoms. The summed E-state index contributed by atoms with van der Waals surface area (Å²) in [6.07, 6.45) is 1.75. The van der Waals surface area contributed by atoms with Gasteiger partial charge in [0.1, 0.15) is 4.32 Å². The number of carbonyl (C=O) groups is 1. The summed E-state index contributed by atoms with van der Waals surface area (Å²) in [5.41, 5.74) is 1.78. The van der Waals surface area contributed by atoms with Crippen LogP contribution >= 0.6 is 47.2 Å². The molecule has 0 radical (unpaired) electrons. The van der Waals surface area contributed by atoms with Crippen LogP contribution in [0.4, 0.5) is 0 Å². The number of thioether (sulfide) groups is 1. The average molecular weight is 380 g/mol. The Bertz CT molecular complexity index is 805. The van der Waals surface area contributed by atoms with Crippen LogP contribution in [0, 0.1) is 0 Å². The smallest absolute Gasteiger partial charge is 0.266 e. The number of benzene rings is 2. The lowest BCUT2D eigenvalue weighted by Gasteiger charge is -2.14. The monoisotopic (exact) mass is 379 g/mol. The lowest BCUT2D eigenvalue weighted by Crippen LogP contribution is -2.27. The molecule has 1 saturated heterocycles. The molecule has 1 fully saturated rings. The highest BCUT2D eigenvalue weighted by molar-refractivity contribution is 8.26. The van der Waals surface area contributed by atoms with Gasteiger partial charge in [0.2, 0.25) is 0 Å². The standard InChI is InChI=1S/C17H11Cl2NOS2/c18-13-7-6-12(14(19)9-13)8-15-16(21)20(17(22)23-15)10-11-4-2-1-3-5-11/h1-9H,10H2/b15-8+. The van der Waals surface area contributed by atoms with E-state index in [-0.39, 0.29) is 5.91 Å². The summed E-state index contributed by atoms with van der Waals surface area (Å²) in [6, 6.07) is 14.9. The van der Waals surface area contributed by atoms with Crippen molar-refractivity contribution in [2.24, 2.45) is 0 Å². The third-order valence-electron chi connectivity index (χ3n) is 3.31. The molecular formula is C17H11Cl2NOS2. The zero-order valence-corrected chi connectivity index (χ0v) is 15.0. The van der Waals surface area contributed by atoms with Crippen LogP contribution in [-0.2, 0) is 11.3 Å². The lowest BCUT2D eigenvalue weighted by atomic mass is 10.2. The fraction of sp³-hybridized carbons (Fsp3) is 0.0588. The van der Waals surface area contributed by atoms with Crippen molar-refractivity contribution in [2.75, 3.05) is 0 Å². The first kappa shape index (κ1) is 16.5. The molecule has 1 heterocycles. The van der Waals surface area contributed by atoms with Crippen molar-refractivity contribution in [1.29, 1.82) is 0 Å². The van der Waals surface area contributed by atoms with Crippen molar-refractivity contribution in [3.05, 3.63) is 74.6 Å². The molecule has 0 spiro atoms. The molecule has 1 amide bonds. The van der Waals surface area contributed by atoms with Gasteiger partial charge in [-0.3, -0.25) is 9.69 Å². The number of halogens is 2. The van der Waals surface area contributed by atoms with E-state index in [0.717, 1.165) is 11.1 Å². The summed E-state index contributed by atoms with van der Waals surface area (Å²) in [7, 11) is 0. The second-order valence-corrected chi connectivity index (χ2v) is 7.44. The first-order chi connectivity index (χ1) is 11.0. The Morgan fingerprint density at radius 2 is 1.87 bits per heavy atom. The number of rotatable bonds is 3. The number of amides is 1. The lowest BCUT2D eigenvalue weighted by molar-refractivity contribution is -0.122. The SMILES string of the molecule is O=C1/C(=C\c2ccc(Cl)cc2Cl)SC(=S)N1Cc1ccccc1. The third-order valence-corrected chi connectivity index (χ3v) is 5.25. The summed E-state index contributed by atoms with van der Waals surface area (Å²) < 4.78 is 0.551. The predicted octanol–water partition coefficient (Wildman–Crippen LogP) is 5.39. The minimum atomic E-state index is -0.102. The van der Waals surface area contributed by atoms with Gasteiger partial charge in [0, 0.05) is 10.0 Å². The summed E-state index contributed by atoms with van der Waals surface area (Å²) in [5.74, 6) is -0.102. The Labute approximate surface area is 154 Å². The Morgan fingerprint density at radius 1 is 1.13 bits per heavy atom. The Hall–Kier alpha value is -1.33. The van der Waals surface area contributed by atoms with Crippen molar-refractivity contribution in [3.63, 3.8) is 0 Å². The highest BCUT2D eigenvalue weighted by Gasteiger charge is 2.32. The summed E-state index contributed by atoms with van der Waals surface area (Å²) in [5, 5.41) is 1.06. The summed E-state index contributed by atoms with van der Waals surface area (Å²) in [6.45, 7) is 0.469. The number of thiocarbonyl (C=S) groups is 1. The van der Waals surface area contributed by atoms with Gasteiger partial charge in [-0.1, -0.05) is 83.6 Å². The van der Waals surface area contributed by atoms with Crippen LogP contribution in [0.5, 0.6) is 0 Å². The number of carbonyl (C=O) groups excluding carboxylic acids is 1. The van der Waals surface area contributed by atoms with Gasteiger partial charge in [-0.15, -0.1) is 0 Å². The molecule has 1 aliphatic rings. The van der Waals surface area contributed by atoms with Gasteiger partial charge in [-0.2, -0.15) is 0 Å². The third kappa shape index (κ3) is 3.78. The van der Waals surface area contributed by atoms with Gasteiger partial charge in [0.05, 0.1) is 11.4 Å². The van der Waals surface area contributed by atoms with Gasteiger partial charge in [0.15, 0.2) is 0 Å². The van der Waals surface area contributed by atoms with E-state index in [1.807, 2.05) is 30.3 Å². The van der Waals surface area contributed by atoms with Gasteiger partial charge < -0.3 is 0 Å². The Morgan fingerprint density at radius 3 is 2.57 bits per heavy atom. The summed E-state index contributed by atoms with van der Waals surface area (Å²) >= 11 is 18.7. The molecular weight excluding hydrogens is 369 g/mol. The largest absolute Gasteiger partial charge is 0.288 e. The number of hydrogen-bond donors (Lipinski definition) is 0. The molecule has 3 rings (SSSR count). The molecule has 2 aromatic carbocycles. The highest BCUT2D eigenvalue weighted by Crippen LogP contribution is 2.35. The molecule has 2 aromatic rings. The zero-order valence-electron chi connectivity index (χ0n) is 11.8. The second kappa shape index (κ2) is 7.05. The van der Waals surface area contributed by atoms with Crippen molar-refractivity contribution in [3.8, 4) is 0 Å². The fourth-order valence-corrected chi connectivity index (χ4v) is 3.87. The molecule has 1 aliphatic heterocycles. The number of hydrogen-bond acceptors (Lipinski definition) is 3. The van der Waals surface area contributed by atoms with Crippen LogP contribution in [0.25, 0.3) is 6.08 Å². The van der Waals surface area contributed by atoms with E-state index in [9.17, 15) is 4.79 Å². The van der Waals surface area contributed by atoms with Crippen LogP contribution in [0.3, 0.4) is 0 Å². The average Bonchev–Trinajstić information content (AvgIpc) is 2.79. The topological polar surface area (TPSA) is 20.3 Å². The van der Waals surface area contributed by atoms with Gasteiger partial charge in [-0.05, 0) is 29.3 Å². The molecule has 0 saturated carbocycles. The van der Waals surface area contributed by atoms with E-state index < -0.39 is 0 Å². The van der Waals surface area contributed by atoms with E-state index in [0.29, 0.717) is 25.8 Å². The van der Waals surface area contributed by atoms with Crippen LogP contribution in [0.1, 0.15) is 11.1 Å². The van der Waals surface area contributed by atoms with Crippen LogP contribution < -0.4 is 0 Å². The first-order valence-corrected chi connectivity index (χ1v) is 8.77. The van der Waals surface area contributed by atoms with Crippen molar-refractivity contribution >= 4 is 63.5 Å². The van der Waals surface area contributed by atoms with Crippen LogP contribution in [0.2, 0.25) is 10.0 Å². The van der Waals surface area contributed by atoms with Gasteiger partial charge in [-0.25, -0.2) is 0 Å². The zero-order chi connectivity index (χ0) is 16.4. The van der Waals surface area contributed by atoms with Crippen molar-refractivity contribution < 1.29 is 4.79 Å². The molecule has 2 nitrogen and oxygen atoms in total. The van der Waals surface area contributed by atoms with Gasteiger partial charge >= 0.3 is 0 Å². The van der Waals surface area contributed by atoms with Crippen LogP contribution in [0.15, 0.2) is 53.4 Å². The van der Waals surface area contributed by atoms with E-state index in [4.69, 9.17) is 35.4 Å². The van der Waals surface area contributed by atoms with Crippen molar-refractivity contribution in [2.45, 2.75) is 6.54 Å². The van der Waals surface area contributed by atoms with E-state index in [1.54, 1.807) is 29.2 Å². The Kier molecular flexibility index (Phi) is 5.07. The predicted molar refractivity (Wildman–Crippen MR) is 102 cm³/mol. The fourth-order valence-electron chi connectivity index (χ4n) is 2.16. The van der Waals surface area contributed by atoms with Crippen molar-refractivity contribution in [1.82, 2.24) is 4.90 Å². The molecule has 0 N–H and O–H groups in total. The second-order valence-electron chi connectivity index (χ2n) is 4.92. The van der Waals surface area contributed by atoms with E-state index in [1.165, 1.54) is 11.8 Å². The highest BCUT2D eigenvalue weighted by atomic mass is 35.5. The molecule has 0 unspecified atom stereocenters. The van der Waals surface area contributed by atoms with Crippen LogP contribution in [-0.4, -0.2) is 15.1 Å². The molecule has 116 valence electrons. The normalized spacial score (nSPS) is 16.4. The quantitative estimate of drug-likeness (QED) is 0.526. The molecule has 0 atom stereocenters. The molecule has 0 aliphatic carbocycles. The minimum absolute atomic E-state index is 0.102. The molecule has 23 heavy (non-hydrogen) atoms. The minimum Gasteiger partial charge on any atom is -0.288 e. The number of nitrogens with zero attached hydrogens (tertiary/aromatic N) is 1. The van der Waals surface area contributed by atoms with E-state index in [2.05, 4.69) is 0 Å². The molecule has 6 heteroatoms. The molecule has 0 aromatic heterocycles.